The Kier molecular flexibility index (Phi) is 3.60. The summed E-state index contributed by atoms with van der Waals surface area (Å²) < 4.78 is 1.28. The van der Waals surface area contributed by atoms with E-state index in [2.05, 4.69) is 5.10 Å². The van der Waals surface area contributed by atoms with E-state index in [0.29, 0.717) is 12.1 Å². The molecule has 1 heterocycles. The van der Waals surface area contributed by atoms with Gasteiger partial charge in [0.05, 0.1) is 11.3 Å². The summed E-state index contributed by atoms with van der Waals surface area (Å²) >= 11 is 0. The van der Waals surface area contributed by atoms with E-state index in [0.717, 1.165) is 6.42 Å². The van der Waals surface area contributed by atoms with Crippen molar-refractivity contribution in [1.29, 1.82) is 0 Å². The lowest BCUT2D eigenvalue weighted by atomic mass is 10.2. The first kappa shape index (κ1) is 12.2. The molecule has 0 bridgehead atoms. The number of aryl methyl sites for hydroxylation is 2. The molecule has 16 heavy (non-hydrogen) atoms. The van der Waals surface area contributed by atoms with Gasteiger partial charge >= 0.3 is 11.7 Å². The minimum absolute atomic E-state index is 0.140. The van der Waals surface area contributed by atoms with Gasteiger partial charge in [-0.2, -0.15) is 5.10 Å². The molecule has 0 unspecified atom stereocenters. The maximum atomic E-state index is 10.9. The Bertz CT molecular complexity index is 425. The number of hydrogen-bond donors (Lipinski definition) is 1. The number of carbonyl (C=O) groups is 1. The highest BCUT2D eigenvalue weighted by Gasteiger charge is 2.27. The number of nitro groups is 1. The van der Waals surface area contributed by atoms with Crippen LogP contribution >= 0.6 is 0 Å². The SMILES string of the molecule is CCCc1nn(C)c(CC(=O)O)c1[N+](=O)[O-]. The second-order valence-corrected chi connectivity index (χ2v) is 3.44. The normalized spacial score (nSPS) is 10.4. The van der Waals surface area contributed by atoms with Crippen molar-refractivity contribution in [3.05, 3.63) is 21.5 Å². The number of rotatable bonds is 5. The van der Waals surface area contributed by atoms with Gasteiger partial charge in [0.2, 0.25) is 0 Å². The first-order chi connectivity index (χ1) is 7.47. The maximum Gasteiger partial charge on any atom is 0.313 e. The number of carboxylic acid groups (broad SMARTS) is 1. The molecule has 0 aliphatic heterocycles. The summed E-state index contributed by atoms with van der Waals surface area (Å²) in [5, 5.41) is 23.5. The molecule has 0 radical (unpaired) electrons. The molecule has 0 aliphatic carbocycles. The Hall–Kier alpha value is -1.92. The van der Waals surface area contributed by atoms with Crippen molar-refractivity contribution in [2.75, 3.05) is 0 Å². The van der Waals surface area contributed by atoms with E-state index in [-0.39, 0.29) is 17.8 Å². The van der Waals surface area contributed by atoms with Crippen LogP contribution in [-0.4, -0.2) is 25.8 Å². The van der Waals surface area contributed by atoms with Crippen LogP contribution in [-0.2, 0) is 24.7 Å². The third-order valence-electron chi connectivity index (χ3n) is 2.20. The summed E-state index contributed by atoms with van der Waals surface area (Å²) in [6.45, 7) is 1.88. The molecule has 1 aromatic rings. The van der Waals surface area contributed by atoms with Crippen LogP contribution in [0.1, 0.15) is 24.7 Å². The third-order valence-corrected chi connectivity index (χ3v) is 2.20. The van der Waals surface area contributed by atoms with E-state index >= 15 is 0 Å². The molecule has 0 amide bonds. The van der Waals surface area contributed by atoms with Crippen LogP contribution in [0.4, 0.5) is 5.69 Å². The summed E-state index contributed by atoms with van der Waals surface area (Å²) in [6.07, 6.45) is 0.817. The van der Waals surface area contributed by atoms with Gasteiger partial charge < -0.3 is 5.11 Å². The summed E-state index contributed by atoms with van der Waals surface area (Å²) in [4.78, 5) is 20.9. The first-order valence-electron chi connectivity index (χ1n) is 4.88. The van der Waals surface area contributed by atoms with E-state index < -0.39 is 10.9 Å². The van der Waals surface area contributed by atoms with Gasteiger partial charge in [-0.05, 0) is 6.42 Å². The number of aliphatic carboxylic acids is 1. The molecule has 0 aromatic carbocycles. The fourth-order valence-electron chi connectivity index (χ4n) is 1.57. The van der Waals surface area contributed by atoms with Gasteiger partial charge in [0.25, 0.3) is 0 Å². The molecule has 88 valence electrons. The number of carboxylic acids is 1. The van der Waals surface area contributed by atoms with Crippen molar-refractivity contribution >= 4 is 11.7 Å². The highest BCUT2D eigenvalue weighted by atomic mass is 16.6. The van der Waals surface area contributed by atoms with Crippen LogP contribution < -0.4 is 0 Å². The molecular weight excluding hydrogens is 214 g/mol. The van der Waals surface area contributed by atoms with E-state index in [1.807, 2.05) is 6.92 Å². The van der Waals surface area contributed by atoms with Crippen molar-refractivity contribution in [1.82, 2.24) is 9.78 Å². The molecule has 7 nitrogen and oxygen atoms in total. The molecule has 0 saturated heterocycles. The van der Waals surface area contributed by atoms with Crippen molar-refractivity contribution in [3.8, 4) is 0 Å². The molecule has 1 rings (SSSR count). The van der Waals surface area contributed by atoms with Crippen molar-refractivity contribution < 1.29 is 14.8 Å². The minimum Gasteiger partial charge on any atom is -0.481 e. The van der Waals surface area contributed by atoms with Crippen LogP contribution in [0.25, 0.3) is 0 Å². The number of hydrogen-bond acceptors (Lipinski definition) is 4. The standard InChI is InChI=1S/C9H13N3O4/c1-3-4-6-9(12(15)16)7(5-8(13)14)11(2)10-6/h3-5H2,1-2H3,(H,13,14). The van der Waals surface area contributed by atoms with Gasteiger partial charge in [-0.3, -0.25) is 19.6 Å². The molecule has 0 atom stereocenters. The molecule has 7 heteroatoms. The van der Waals surface area contributed by atoms with Crippen LogP contribution in [0.3, 0.4) is 0 Å². The fourth-order valence-corrected chi connectivity index (χ4v) is 1.57. The van der Waals surface area contributed by atoms with Gasteiger partial charge in [-0.25, -0.2) is 0 Å². The Labute approximate surface area is 91.8 Å². The second kappa shape index (κ2) is 4.73. The average molecular weight is 227 g/mol. The molecule has 0 fully saturated rings. The Morgan fingerprint density at radius 1 is 1.62 bits per heavy atom. The van der Waals surface area contributed by atoms with Gasteiger partial charge in [0.1, 0.15) is 11.4 Å². The van der Waals surface area contributed by atoms with Crippen molar-refractivity contribution in [3.63, 3.8) is 0 Å². The summed E-state index contributed by atoms with van der Waals surface area (Å²) in [7, 11) is 1.52. The van der Waals surface area contributed by atoms with E-state index in [1.54, 1.807) is 0 Å². The Morgan fingerprint density at radius 3 is 2.69 bits per heavy atom. The fraction of sp³-hybridized carbons (Fsp3) is 0.556. The minimum atomic E-state index is -1.10. The lowest BCUT2D eigenvalue weighted by molar-refractivity contribution is -0.386. The van der Waals surface area contributed by atoms with E-state index in [4.69, 9.17) is 5.11 Å². The molecular formula is C9H13N3O4. The summed E-state index contributed by atoms with van der Waals surface area (Å²) in [5.41, 5.74) is 0.332. The third kappa shape index (κ3) is 2.36. The van der Waals surface area contributed by atoms with Crippen LogP contribution in [0.2, 0.25) is 0 Å². The zero-order chi connectivity index (χ0) is 12.3. The smallest absolute Gasteiger partial charge is 0.313 e. The summed E-state index contributed by atoms with van der Waals surface area (Å²) in [6, 6.07) is 0. The monoisotopic (exact) mass is 227 g/mol. The molecule has 0 spiro atoms. The second-order valence-electron chi connectivity index (χ2n) is 3.44. The van der Waals surface area contributed by atoms with Crippen LogP contribution in [0.5, 0.6) is 0 Å². The number of nitrogens with zero attached hydrogens (tertiary/aromatic N) is 3. The van der Waals surface area contributed by atoms with Gasteiger partial charge in [0, 0.05) is 7.05 Å². The van der Waals surface area contributed by atoms with E-state index in [9.17, 15) is 14.9 Å². The molecule has 1 N–H and O–H groups in total. The molecule has 0 saturated carbocycles. The average Bonchev–Trinajstić information content (AvgIpc) is 2.43. The predicted molar refractivity (Wildman–Crippen MR) is 55.2 cm³/mol. The lowest BCUT2D eigenvalue weighted by Gasteiger charge is -1.96. The molecule has 0 aliphatic rings. The van der Waals surface area contributed by atoms with Crippen molar-refractivity contribution in [2.24, 2.45) is 7.05 Å². The highest BCUT2D eigenvalue weighted by Crippen LogP contribution is 2.24. The Balaban J connectivity index is 3.23. The van der Waals surface area contributed by atoms with E-state index in [1.165, 1.54) is 11.7 Å². The van der Waals surface area contributed by atoms with Crippen LogP contribution in [0.15, 0.2) is 0 Å². The lowest BCUT2D eigenvalue weighted by Crippen LogP contribution is -2.07. The van der Waals surface area contributed by atoms with Crippen molar-refractivity contribution in [2.45, 2.75) is 26.2 Å². The van der Waals surface area contributed by atoms with Gasteiger partial charge in [0.15, 0.2) is 0 Å². The number of aromatic nitrogens is 2. The zero-order valence-corrected chi connectivity index (χ0v) is 9.13. The quantitative estimate of drug-likeness (QED) is 0.595. The first-order valence-corrected chi connectivity index (χ1v) is 4.88. The Morgan fingerprint density at radius 2 is 2.25 bits per heavy atom. The topological polar surface area (TPSA) is 98.3 Å². The summed E-state index contributed by atoms with van der Waals surface area (Å²) in [5.74, 6) is -1.10. The zero-order valence-electron chi connectivity index (χ0n) is 9.13. The molecule has 1 aromatic heterocycles. The predicted octanol–water partition coefficient (Wildman–Crippen LogP) is 0.908. The van der Waals surface area contributed by atoms with Gasteiger partial charge in [-0.15, -0.1) is 0 Å². The maximum absolute atomic E-state index is 10.9. The highest BCUT2D eigenvalue weighted by molar-refractivity contribution is 5.71. The van der Waals surface area contributed by atoms with Gasteiger partial charge in [-0.1, -0.05) is 13.3 Å². The van der Waals surface area contributed by atoms with Crippen LogP contribution in [0, 0.1) is 10.1 Å². The largest absolute Gasteiger partial charge is 0.481 e.